The van der Waals surface area contributed by atoms with Crippen LogP contribution in [0.4, 0.5) is 0 Å². The Morgan fingerprint density at radius 1 is 1.40 bits per heavy atom. The van der Waals surface area contributed by atoms with Crippen LogP contribution < -0.4 is 5.32 Å². The van der Waals surface area contributed by atoms with Crippen molar-refractivity contribution in [2.24, 2.45) is 5.92 Å². The molecule has 1 heterocycles. The fourth-order valence-corrected chi connectivity index (χ4v) is 3.47. The average Bonchev–Trinajstić information content (AvgIpc) is 2.99. The molecule has 0 aromatic carbocycles. The molecule has 0 aliphatic heterocycles. The molecule has 0 saturated heterocycles. The van der Waals surface area contributed by atoms with Crippen LogP contribution in [0.3, 0.4) is 0 Å². The third-order valence-electron chi connectivity index (χ3n) is 4.20. The van der Waals surface area contributed by atoms with Gasteiger partial charge in [-0.3, -0.25) is 0 Å². The zero-order valence-corrected chi connectivity index (χ0v) is 13.2. The number of rotatable bonds is 8. The van der Waals surface area contributed by atoms with Crippen LogP contribution in [-0.4, -0.2) is 30.4 Å². The molecule has 20 heavy (non-hydrogen) atoms. The van der Waals surface area contributed by atoms with E-state index in [1.54, 1.807) is 11.3 Å². The van der Waals surface area contributed by atoms with Gasteiger partial charge in [0, 0.05) is 17.5 Å². The summed E-state index contributed by atoms with van der Waals surface area (Å²) in [6.45, 7) is 3.95. The third kappa shape index (κ3) is 5.52. The Balaban J connectivity index is 1.53. The van der Waals surface area contributed by atoms with Crippen molar-refractivity contribution in [3.05, 3.63) is 22.4 Å². The molecule has 1 atom stereocenters. The monoisotopic (exact) mass is 297 g/mol. The molecule has 1 unspecified atom stereocenters. The van der Waals surface area contributed by atoms with Crippen molar-refractivity contribution in [1.82, 2.24) is 5.32 Å². The number of nitrogens with one attached hydrogen (secondary N) is 1. The normalized spacial score (nSPS) is 24.7. The molecule has 2 N–H and O–H groups in total. The molecule has 1 aromatic heterocycles. The number of aliphatic hydroxyl groups excluding tert-OH is 1. The third-order valence-corrected chi connectivity index (χ3v) is 5.05. The summed E-state index contributed by atoms with van der Waals surface area (Å²) in [5, 5.41) is 15.4. The number of ether oxygens (including phenoxy) is 1. The van der Waals surface area contributed by atoms with E-state index in [4.69, 9.17) is 4.74 Å². The Morgan fingerprint density at radius 3 is 2.85 bits per heavy atom. The highest BCUT2D eigenvalue weighted by molar-refractivity contribution is 7.09. The zero-order valence-electron chi connectivity index (χ0n) is 12.4. The fourth-order valence-electron chi connectivity index (χ4n) is 2.83. The van der Waals surface area contributed by atoms with Crippen LogP contribution in [0.5, 0.6) is 0 Å². The van der Waals surface area contributed by atoms with E-state index in [2.05, 4.69) is 18.3 Å². The van der Waals surface area contributed by atoms with Crippen molar-refractivity contribution in [1.29, 1.82) is 0 Å². The maximum absolute atomic E-state index is 9.92. The van der Waals surface area contributed by atoms with Crippen LogP contribution in [0.1, 0.15) is 43.9 Å². The standard InChI is InChI=1S/C16H27NO2S/c1-2-13-5-7-14(8-6-13)17-10-15(18)11-19-12-16-4-3-9-20-16/h3-4,9,13-15,17-18H,2,5-8,10-12H2,1H3. The van der Waals surface area contributed by atoms with Gasteiger partial charge in [0.2, 0.25) is 0 Å². The van der Waals surface area contributed by atoms with E-state index < -0.39 is 6.10 Å². The van der Waals surface area contributed by atoms with Gasteiger partial charge < -0.3 is 15.2 Å². The SMILES string of the molecule is CCC1CCC(NCC(O)COCc2cccs2)CC1. The zero-order chi connectivity index (χ0) is 14.2. The van der Waals surface area contributed by atoms with E-state index in [0.29, 0.717) is 25.8 Å². The van der Waals surface area contributed by atoms with E-state index in [1.165, 1.54) is 37.0 Å². The van der Waals surface area contributed by atoms with Gasteiger partial charge in [-0.05, 0) is 43.0 Å². The Kier molecular flexibility index (Phi) is 7.00. The lowest BCUT2D eigenvalue weighted by Crippen LogP contribution is -2.39. The second-order valence-corrected chi connectivity index (χ2v) is 6.81. The molecule has 4 heteroatoms. The van der Waals surface area contributed by atoms with E-state index in [-0.39, 0.29) is 0 Å². The summed E-state index contributed by atoms with van der Waals surface area (Å²) in [6.07, 6.45) is 6.08. The first kappa shape index (κ1) is 16.0. The molecular formula is C16H27NO2S. The maximum Gasteiger partial charge on any atom is 0.0897 e. The lowest BCUT2D eigenvalue weighted by atomic mass is 9.84. The van der Waals surface area contributed by atoms with Crippen LogP contribution in [-0.2, 0) is 11.3 Å². The first-order valence-electron chi connectivity index (χ1n) is 7.79. The summed E-state index contributed by atoms with van der Waals surface area (Å²) in [5.74, 6) is 0.923. The second-order valence-electron chi connectivity index (χ2n) is 5.78. The minimum atomic E-state index is -0.404. The van der Waals surface area contributed by atoms with Gasteiger partial charge in [0.15, 0.2) is 0 Å². The summed E-state index contributed by atoms with van der Waals surface area (Å²) in [4.78, 5) is 1.21. The van der Waals surface area contributed by atoms with E-state index in [0.717, 1.165) is 5.92 Å². The Bertz CT molecular complexity index is 347. The van der Waals surface area contributed by atoms with E-state index in [9.17, 15) is 5.11 Å². The summed E-state index contributed by atoms with van der Waals surface area (Å²) in [7, 11) is 0. The van der Waals surface area contributed by atoms with Crippen molar-refractivity contribution >= 4 is 11.3 Å². The predicted octanol–water partition coefficient (Wildman–Crippen LogP) is 3.18. The lowest BCUT2D eigenvalue weighted by molar-refractivity contribution is 0.0277. The number of hydrogen-bond donors (Lipinski definition) is 2. The molecular weight excluding hydrogens is 270 g/mol. The van der Waals surface area contributed by atoms with Crippen molar-refractivity contribution in [2.45, 2.75) is 57.8 Å². The fraction of sp³-hybridized carbons (Fsp3) is 0.750. The first-order valence-corrected chi connectivity index (χ1v) is 8.67. The van der Waals surface area contributed by atoms with Crippen LogP contribution in [0, 0.1) is 5.92 Å². The minimum Gasteiger partial charge on any atom is -0.389 e. The van der Waals surface area contributed by atoms with Crippen LogP contribution >= 0.6 is 11.3 Å². The van der Waals surface area contributed by atoms with Gasteiger partial charge in [-0.25, -0.2) is 0 Å². The summed E-state index contributed by atoms with van der Waals surface area (Å²) in [6, 6.07) is 4.67. The molecule has 1 fully saturated rings. The Hall–Kier alpha value is -0.420. The summed E-state index contributed by atoms with van der Waals surface area (Å²) >= 11 is 1.69. The van der Waals surface area contributed by atoms with Gasteiger partial charge in [-0.1, -0.05) is 19.4 Å². The summed E-state index contributed by atoms with van der Waals surface area (Å²) in [5.41, 5.74) is 0. The first-order chi connectivity index (χ1) is 9.78. The maximum atomic E-state index is 9.92. The minimum absolute atomic E-state index is 0.404. The highest BCUT2D eigenvalue weighted by Crippen LogP contribution is 2.26. The molecule has 0 spiro atoms. The van der Waals surface area contributed by atoms with Gasteiger partial charge in [0.05, 0.1) is 19.3 Å². The highest BCUT2D eigenvalue weighted by Gasteiger charge is 2.20. The van der Waals surface area contributed by atoms with Gasteiger partial charge in [-0.15, -0.1) is 11.3 Å². The second kappa shape index (κ2) is 8.78. The molecule has 2 rings (SSSR count). The van der Waals surface area contributed by atoms with Crippen LogP contribution in [0.25, 0.3) is 0 Å². The predicted molar refractivity (Wildman–Crippen MR) is 84.0 cm³/mol. The van der Waals surface area contributed by atoms with E-state index in [1.807, 2.05) is 11.4 Å². The largest absolute Gasteiger partial charge is 0.389 e. The lowest BCUT2D eigenvalue weighted by Gasteiger charge is -2.29. The topological polar surface area (TPSA) is 41.5 Å². The molecule has 1 aromatic rings. The van der Waals surface area contributed by atoms with Crippen molar-refractivity contribution in [3.8, 4) is 0 Å². The smallest absolute Gasteiger partial charge is 0.0897 e. The molecule has 114 valence electrons. The molecule has 3 nitrogen and oxygen atoms in total. The molecule has 1 aliphatic rings. The molecule has 1 saturated carbocycles. The van der Waals surface area contributed by atoms with Gasteiger partial charge in [-0.2, -0.15) is 0 Å². The van der Waals surface area contributed by atoms with Gasteiger partial charge in [0.25, 0.3) is 0 Å². The van der Waals surface area contributed by atoms with Gasteiger partial charge >= 0.3 is 0 Å². The van der Waals surface area contributed by atoms with Gasteiger partial charge in [0.1, 0.15) is 0 Å². The van der Waals surface area contributed by atoms with E-state index >= 15 is 0 Å². The van der Waals surface area contributed by atoms with Crippen molar-refractivity contribution in [2.75, 3.05) is 13.2 Å². The Labute approximate surface area is 126 Å². The average molecular weight is 297 g/mol. The molecule has 0 amide bonds. The quantitative estimate of drug-likeness (QED) is 0.774. The highest BCUT2D eigenvalue weighted by atomic mass is 32.1. The number of thiophene rings is 1. The molecule has 0 radical (unpaired) electrons. The van der Waals surface area contributed by atoms with Crippen molar-refractivity contribution < 1.29 is 9.84 Å². The molecule has 1 aliphatic carbocycles. The van der Waals surface area contributed by atoms with Crippen molar-refractivity contribution in [3.63, 3.8) is 0 Å². The van der Waals surface area contributed by atoms with Crippen LogP contribution in [0.15, 0.2) is 17.5 Å². The Morgan fingerprint density at radius 2 is 2.20 bits per heavy atom. The number of hydrogen-bond acceptors (Lipinski definition) is 4. The summed E-state index contributed by atoms with van der Waals surface area (Å²) < 4.78 is 5.53. The molecule has 0 bridgehead atoms. The van der Waals surface area contributed by atoms with Crippen LogP contribution in [0.2, 0.25) is 0 Å². The number of aliphatic hydroxyl groups is 1.